The summed E-state index contributed by atoms with van der Waals surface area (Å²) in [6.07, 6.45) is 6.19. The lowest BCUT2D eigenvalue weighted by Gasteiger charge is -2.15. The van der Waals surface area contributed by atoms with Gasteiger partial charge in [-0.15, -0.1) is 0 Å². The molecular weight excluding hydrogens is 364 g/mol. The summed E-state index contributed by atoms with van der Waals surface area (Å²) in [6.45, 7) is 0.786. The number of nitrogens with one attached hydrogen (secondary N) is 1. The molecule has 2 heterocycles. The van der Waals surface area contributed by atoms with Crippen molar-refractivity contribution < 1.29 is 0 Å². The molecule has 0 unspecified atom stereocenters. The molecule has 0 aliphatic heterocycles. The largest absolute Gasteiger partial charge is 0.384 e. The van der Waals surface area contributed by atoms with Crippen LogP contribution in [-0.4, -0.2) is 16.5 Å². The van der Waals surface area contributed by atoms with Gasteiger partial charge in [0.05, 0.1) is 15.9 Å². The molecule has 1 atom stereocenters. The van der Waals surface area contributed by atoms with Crippen LogP contribution < -0.4 is 11.1 Å². The van der Waals surface area contributed by atoms with E-state index >= 15 is 0 Å². The van der Waals surface area contributed by atoms with E-state index in [1.54, 1.807) is 18.6 Å². The van der Waals surface area contributed by atoms with E-state index in [4.69, 9.17) is 5.73 Å². The Bertz CT molecular complexity index is 778. The maximum atomic E-state index is 6.25. The summed E-state index contributed by atoms with van der Waals surface area (Å²) >= 11 is 3.65. The van der Waals surface area contributed by atoms with Crippen LogP contribution in [0.3, 0.4) is 0 Å². The van der Waals surface area contributed by atoms with Crippen LogP contribution in [0.4, 0.5) is 5.69 Å². The molecule has 0 aliphatic rings. The highest BCUT2D eigenvalue weighted by atomic mass is 79.9. The average Bonchev–Trinajstić information content (AvgIpc) is 2.64. The summed E-state index contributed by atoms with van der Waals surface area (Å²) in [7, 11) is 0. The van der Waals surface area contributed by atoms with Gasteiger partial charge in [0.1, 0.15) is 0 Å². The summed E-state index contributed by atoms with van der Waals surface area (Å²) in [4.78, 5) is 8.51. The fourth-order valence-electron chi connectivity index (χ4n) is 2.52. The highest BCUT2D eigenvalue weighted by molar-refractivity contribution is 9.10. The zero-order valence-electron chi connectivity index (χ0n) is 13.2. The SMILES string of the molecule is N[C@H](CCNc1ccnc(-c2ccncc2)c1Br)c1ccccc1. The van der Waals surface area contributed by atoms with E-state index in [2.05, 4.69) is 43.3 Å². The Labute approximate surface area is 150 Å². The molecule has 3 rings (SSSR count). The minimum Gasteiger partial charge on any atom is -0.384 e. The Hall–Kier alpha value is -2.24. The van der Waals surface area contributed by atoms with Crippen molar-refractivity contribution in [2.24, 2.45) is 5.73 Å². The van der Waals surface area contributed by atoms with Crippen LogP contribution >= 0.6 is 15.9 Å². The van der Waals surface area contributed by atoms with Gasteiger partial charge in [-0.2, -0.15) is 0 Å². The first-order valence-electron chi connectivity index (χ1n) is 7.85. The van der Waals surface area contributed by atoms with Gasteiger partial charge in [-0.25, -0.2) is 0 Å². The van der Waals surface area contributed by atoms with Crippen molar-refractivity contribution >= 4 is 21.6 Å². The molecule has 2 aromatic heterocycles. The lowest BCUT2D eigenvalue weighted by Crippen LogP contribution is -2.15. The number of nitrogens with zero attached hydrogens (tertiary/aromatic N) is 2. The summed E-state index contributed by atoms with van der Waals surface area (Å²) in [5.41, 5.74) is 10.3. The molecule has 0 aliphatic carbocycles. The molecule has 0 spiro atoms. The second-order valence-corrected chi connectivity index (χ2v) is 6.28. The van der Waals surface area contributed by atoms with Crippen molar-refractivity contribution in [2.75, 3.05) is 11.9 Å². The molecule has 0 fully saturated rings. The normalized spacial score (nSPS) is 11.9. The van der Waals surface area contributed by atoms with Gasteiger partial charge in [-0.1, -0.05) is 30.3 Å². The van der Waals surface area contributed by atoms with Gasteiger partial charge in [0, 0.05) is 36.7 Å². The maximum Gasteiger partial charge on any atom is 0.0866 e. The molecular formula is C19H19BrN4. The second-order valence-electron chi connectivity index (χ2n) is 5.49. The number of hydrogen-bond acceptors (Lipinski definition) is 4. The average molecular weight is 383 g/mol. The number of hydrogen-bond donors (Lipinski definition) is 2. The standard InChI is InChI=1S/C19H19BrN4/c20-18-17(9-13-24-19(18)15-6-10-22-11-7-15)23-12-8-16(21)14-4-2-1-3-5-14/h1-7,9-11,13,16H,8,12,21H2,(H,23,24)/t16-/m1/s1. The zero-order valence-corrected chi connectivity index (χ0v) is 14.8. The number of halogens is 1. The van der Waals surface area contributed by atoms with Crippen molar-refractivity contribution in [2.45, 2.75) is 12.5 Å². The Morgan fingerprint density at radius 3 is 2.50 bits per heavy atom. The highest BCUT2D eigenvalue weighted by Crippen LogP contribution is 2.32. The van der Waals surface area contributed by atoms with Crippen LogP contribution in [0.1, 0.15) is 18.0 Å². The predicted octanol–water partition coefficient (Wildman–Crippen LogP) is 4.41. The first-order valence-corrected chi connectivity index (χ1v) is 8.64. The third-order valence-corrected chi connectivity index (χ3v) is 4.64. The lowest BCUT2D eigenvalue weighted by molar-refractivity contribution is 0.675. The van der Waals surface area contributed by atoms with Gasteiger partial charge >= 0.3 is 0 Å². The van der Waals surface area contributed by atoms with Crippen LogP contribution in [0.25, 0.3) is 11.3 Å². The minimum atomic E-state index is 0.0268. The molecule has 0 radical (unpaired) electrons. The summed E-state index contributed by atoms with van der Waals surface area (Å²) in [6, 6.07) is 16.0. The molecule has 24 heavy (non-hydrogen) atoms. The molecule has 5 heteroatoms. The van der Waals surface area contributed by atoms with E-state index in [0.717, 1.165) is 39.9 Å². The van der Waals surface area contributed by atoms with E-state index in [1.165, 1.54) is 0 Å². The van der Waals surface area contributed by atoms with Gasteiger partial charge in [0.15, 0.2) is 0 Å². The third kappa shape index (κ3) is 3.99. The van der Waals surface area contributed by atoms with Crippen LogP contribution in [0, 0.1) is 0 Å². The highest BCUT2D eigenvalue weighted by Gasteiger charge is 2.10. The van der Waals surface area contributed by atoms with E-state index in [0.29, 0.717) is 0 Å². The number of anilines is 1. The van der Waals surface area contributed by atoms with Crippen molar-refractivity contribution in [1.82, 2.24) is 9.97 Å². The molecule has 3 aromatic rings. The van der Waals surface area contributed by atoms with Crippen molar-refractivity contribution in [3.8, 4) is 11.3 Å². The monoisotopic (exact) mass is 382 g/mol. The van der Waals surface area contributed by atoms with Crippen LogP contribution in [0.2, 0.25) is 0 Å². The van der Waals surface area contributed by atoms with Gasteiger partial charge in [0.25, 0.3) is 0 Å². The van der Waals surface area contributed by atoms with Crippen LogP contribution in [-0.2, 0) is 0 Å². The first-order chi connectivity index (χ1) is 11.8. The molecule has 0 saturated carbocycles. The molecule has 0 bridgehead atoms. The third-order valence-electron chi connectivity index (χ3n) is 3.84. The number of pyridine rings is 2. The summed E-state index contributed by atoms with van der Waals surface area (Å²) in [5.74, 6) is 0. The lowest BCUT2D eigenvalue weighted by atomic mass is 10.1. The van der Waals surface area contributed by atoms with Crippen LogP contribution in [0.5, 0.6) is 0 Å². The Kier molecular flexibility index (Phi) is 5.56. The number of rotatable bonds is 6. The van der Waals surface area contributed by atoms with Crippen molar-refractivity contribution in [3.63, 3.8) is 0 Å². The quantitative estimate of drug-likeness (QED) is 0.662. The molecule has 0 amide bonds. The van der Waals surface area contributed by atoms with E-state index < -0.39 is 0 Å². The Balaban J connectivity index is 1.66. The van der Waals surface area contributed by atoms with Gasteiger partial charge in [-0.3, -0.25) is 9.97 Å². The first kappa shape index (κ1) is 16.6. The van der Waals surface area contributed by atoms with E-state index in [-0.39, 0.29) is 6.04 Å². The fourth-order valence-corrected chi connectivity index (χ4v) is 3.12. The molecule has 0 saturated heterocycles. The molecule has 4 nitrogen and oxygen atoms in total. The number of aromatic nitrogens is 2. The van der Waals surface area contributed by atoms with E-state index in [1.807, 2.05) is 36.4 Å². The zero-order chi connectivity index (χ0) is 16.8. The molecule has 3 N–H and O–H groups in total. The Morgan fingerprint density at radius 1 is 1.00 bits per heavy atom. The number of nitrogens with two attached hydrogens (primary N) is 1. The van der Waals surface area contributed by atoms with Gasteiger partial charge in [0.2, 0.25) is 0 Å². The smallest absolute Gasteiger partial charge is 0.0866 e. The minimum absolute atomic E-state index is 0.0268. The van der Waals surface area contributed by atoms with Crippen LogP contribution in [0.15, 0.2) is 71.6 Å². The van der Waals surface area contributed by atoms with Crippen molar-refractivity contribution in [1.29, 1.82) is 0 Å². The summed E-state index contributed by atoms with van der Waals surface area (Å²) in [5, 5.41) is 3.44. The summed E-state index contributed by atoms with van der Waals surface area (Å²) < 4.78 is 0.949. The molecule has 1 aromatic carbocycles. The van der Waals surface area contributed by atoms with Crippen molar-refractivity contribution in [3.05, 3.63) is 77.2 Å². The predicted molar refractivity (Wildman–Crippen MR) is 102 cm³/mol. The topological polar surface area (TPSA) is 63.8 Å². The fraction of sp³-hybridized carbons (Fsp3) is 0.158. The number of benzene rings is 1. The van der Waals surface area contributed by atoms with Gasteiger partial charge in [-0.05, 0) is 46.1 Å². The van der Waals surface area contributed by atoms with Gasteiger partial charge < -0.3 is 11.1 Å². The van der Waals surface area contributed by atoms with E-state index in [9.17, 15) is 0 Å². The maximum absolute atomic E-state index is 6.25. The Morgan fingerprint density at radius 2 is 1.75 bits per heavy atom. The molecule has 122 valence electrons. The second kappa shape index (κ2) is 8.04.